The third-order valence-electron chi connectivity index (χ3n) is 4.45. The zero-order valence-electron chi connectivity index (χ0n) is 15.9. The number of ketones is 1. The summed E-state index contributed by atoms with van der Waals surface area (Å²) in [7, 11) is 0. The van der Waals surface area contributed by atoms with E-state index in [4.69, 9.17) is 27.9 Å². The van der Waals surface area contributed by atoms with Crippen molar-refractivity contribution in [3.8, 4) is 0 Å². The second kappa shape index (κ2) is 7.61. The number of esters is 1. The van der Waals surface area contributed by atoms with Gasteiger partial charge in [-0.15, -0.1) is 0 Å². The van der Waals surface area contributed by atoms with E-state index < -0.39 is 23.2 Å². The molecule has 0 aromatic heterocycles. The minimum atomic E-state index is -0.751. The van der Waals surface area contributed by atoms with Crippen LogP contribution in [-0.4, -0.2) is 30.2 Å². The number of hydrogen-bond donors (Lipinski definition) is 0. The molecular weight excluding hydrogens is 417 g/mol. The van der Waals surface area contributed by atoms with E-state index in [9.17, 15) is 19.2 Å². The van der Waals surface area contributed by atoms with E-state index in [0.29, 0.717) is 5.02 Å². The lowest BCUT2D eigenvalue weighted by Crippen LogP contribution is -2.29. The van der Waals surface area contributed by atoms with Crippen LogP contribution < -0.4 is 4.90 Å². The van der Waals surface area contributed by atoms with Crippen LogP contribution in [0.5, 0.6) is 0 Å². The maximum absolute atomic E-state index is 12.8. The monoisotopic (exact) mass is 433 g/mol. The average molecular weight is 434 g/mol. The number of amides is 2. The molecule has 3 rings (SSSR count). The number of imide groups is 1. The highest BCUT2D eigenvalue weighted by molar-refractivity contribution is 6.42. The number of benzene rings is 2. The second-order valence-corrected chi connectivity index (χ2v) is 8.37. The fraction of sp³-hybridized carbons (Fsp3) is 0.238. The fourth-order valence-electron chi connectivity index (χ4n) is 2.66. The third-order valence-corrected chi connectivity index (χ3v) is 5.19. The quantitative estimate of drug-likeness (QED) is 0.521. The van der Waals surface area contributed by atoms with Gasteiger partial charge in [0.15, 0.2) is 12.4 Å². The molecule has 150 valence electrons. The average Bonchev–Trinajstić information content (AvgIpc) is 2.91. The van der Waals surface area contributed by atoms with Crippen LogP contribution in [0.3, 0.4) is 0 Å². The number of anilines is 1. The Labute approximate surface area is 177 Å². The largest absolute Gasteiger partial charge is 0.454 e. The van der Waals surface area contributed by atoms with E-state index in [1.165, 1.54) is 36.4 Å². The molecule has 0 N–H and O–H groups in total. The first-order valence-electron chi connectivity index (χ1n) is 8.69. The summed E-state index contributed by atoms with van der Waals surface area (Å²) < 4.78 is 5.05. The minimum Gasteiger partial charge on any atom is -0.454 e. The summed E-state index contributed by atoms with van der Waals surface area (Å²) in [5.74, 6) is -2.11. The molecule has 1 aliphatic heterocycles. The molecule has 8 heteroatoms. The molecule has 0 fully saturated rings. The predicted molar refractivity (Wildman–Crippen MR) is 109 cm³/mol. The van der Waals surface area contributed by atoms with E-state index in [0.717, 1.165) is 4.90 Å². The van der Waals surface area contributed by atoms with Crippen molar-refractivity contribution < 1.29 is 23.9 Å². The summed E-state index contributed by atoms with van der Waals surface area (Å²) in [6, 6.07) is 8.46. The maximum atomic E-state index is 12.8. The van der Waals surface area contributed by atoms with Crippen molar-refractivity contribution in [2.24, 2.45) is 5.41 Å². The van der Waals surface area contributed by atoms with Crippen LogP contribution in [0.25, 0.3) is 0 Å². The molecule has 1 aliphatic rings. The van der Waals surface area contributed by atoms with Gasteiger partial charge in [0.05, 0.1) is 32.4 Å². The van der Waals surface area contributed by atoms with E-state index in [2.05, 4.69) is 0 Å². The number of rotatable bonds is 4. The maximum Gasteiger partial charge on any atom is 0.338 e. The van der Waals surface area contributed by atoms with Gasteiger partial charge in [0.25, 0.3) is 11.8 Å². The molecular formula is C21H17Cl2NO5. The van der Waals surface area contributed by atoms with Crippen molar-refractivity contribution in [3.63, 3.8) is 0 Å². The highest BCUT2D eigenvalue weighted by Gasteiger charge is 2.37. The number of fused-ring (bicyclic) bond motifs is 1. The van der Waals surface area contributed by atoms with Crippen molar-refractivity contribution in [1.29, 1.82) is 0 Å². The molecule has 2 aromatic rings. The molecule has 2 amide bonds. The van der Waals surface area contributed by atoms with Crippen LogP contribution in [0.15, 0.2) is 36.4 Å². The SMILES string of the molecule is CC(C)(C)C(=O)COC(=O)c1ccc2c(c1)C(=O)N(c1ccc(Cl)c(Cl)c1)C2=O. The molecule has 0 spiro atoms. The lowest BCUT2D eigenvalue weighted by Gasteiger charge is -2.16. The Balaban J connectivity index is 1.84. The summed E-state index contributed by atoms with van der Waals surface area (Å²) in [6.07, 6.45) is 0. The first kappa shape index (κ1) is 21.0. The minimum absolute atomic E-state index is 0.0673. The standard InChI is InChI=1S/C21H17Cl2NO5/c1-21(2,3)17(25)10-29-20(28)11-4-6-13-14(8-11)19(27)24(18(13)26)12-5-7-15(22)16(23)9-12/h4-9H,10H2,1-3H3. The lowest BCUT2D eigenvalue weighted by atomic mass is 9.91. The summed E-state index contributed by atoms with van der Waals surface area (Å²) >= 11 is 11.9. The summed E-state index contributed by atoms with van der Waals surface area (Å²) in [5, 5.41) is 0.496. The number of Topliss-reactive ketones (excluding diaryl/α,β-unsaturated/α-hetero) is 1. The molecule has 6 nitrogen and oxygen atoms in total. The molecule has 0 saturated carbocycles. The molecule has 0 aliphatic carbocycles. The second-order valence-electron chi connectivity index (χ2n) is 7.55. The highest BCUT2D eigenvalue weighted by Crippen LogP contribution is 2.33. The van der Waals surface area contributed by atoms with Gasteiger partial charge in [-0.2, -0.15) is 0 Å². The van der Waals surface area contributed by atoms with Gasteiger partial charge in [0, 0.05) is 5.41 Å². The lowest BCUT2D eigenvalue weighted by molar-refractivity contribution is -0.129. The van der Waals surface area contributed by atoms with Crippen molar-refractivity contribution in [2.75, 3.05) is 11.5 Å². The van der Waals surface area contributed by atoms with Crippen LogP contribution in [-0.2, 0) is 9.53 Å². The molecule has 0 atom stereocenters. The zero-order chi connectivity index (χ0) is 21.5. The van der Waals surface area contributed by atoms with Crippen molar-refractivity contribution >= 4 is 52.5 Å². The summed E-state index contributed by atoms with van der Waals surface area (Å²) in [5.41, 5.74) is -0.0739. The van der Waals surface area contributed by atoms with Crippen LogP contribution in [0, 0.1) is 5.41 Å². The van der Waals surface area contributed by atoms with Crippen LogP contribution in [0.1, 0.15) is 51.8 Å². The summed E-state index contributed by atoms with van der Waals surface area (Å²) in [4.78, 5) is 50.7. The molecule has 0 radical (unpaired) electrons. The number of carbonyl (C=O) groups is 4. The Bertz CT molecular complexity index is 1060. The summed E-state index contributed by atoms with van der Waals surface area (Å²) in [6.45, 7) is 4.79. The van der Waals surface area contributed by atoms with Gasteiger partial charge in [-0.3, -0.25) is 14.4 Å². The Morgan fingerprint density at radius 3 is 2.21 bits per heavy atom. The fourth-order valence-corrected chi connectivity index (χ4v) is 2.95. The van der Waals surface area contributed by atoms with E-state index in [1.807, 2.05) is 0 Å². The number of ether oxygens (including phenoxy) is 1. The molecule has 0 unspecified atom stereocenters. The molecule has 0 saturated heterocycles. The Morgan fingerprint density at radius 2 is 1.59 bits per heavy atom. The van der Waals surface area contributed by atoms with Crippen LogP contribution in [0.2, 0.25) is 10.0 Å². The number of carbonyl (C=O) groups excluding carboxylic acids is 4. The molecule has 0 bridgehead atoms. The van der Waals surface area contributed by atoms with Crippen LogP contribution in [0.4, 0.5) is 5.69 Å². The molecule has 1 heterocycles. The van der Waals surface area contributed by atoms with Gasteiger partial charge in [0.2, 0.25) is 0 Å². The van der Waals surface area contributed by atoms with E-state index in [1.54, 1.807) is 20.8 Å². The van der Waals surface area contributed by atoms with E-state index in [-0.39, 0.29) is 39.8 Å². The van der Waals surface area contributed by atoms with Crippen molar-refractivity contribution in [2.45, 2.75) is 20.8 Å². The van der Waals surface area contributed by atoms with Gasteiger partial charge in [-0.25, -0.2) is 9.69 Å². The normalized spacial score (nSPS) is 13.5. The van der Waals surface area contributed by atoms with Gasteiger partial charge >= 0.3 is 5.97 Å². The number of halogens is 2. The highest BCUT2D eigenvalue weighted by atomic mass is 35.5. The van der Waals surface area contributed by atoms with Gasteiger partial charge in [-0.1, -0.05) is 44.0 Å². The molecule has 29 heavy (non-hydrogen) atoms. The van der Waals surface area contributed by atoms with Gasteiger partial charge < -0.3 is 4.74 Å². The van der Waals surface area contributed by atoms with Crippen molar-refractivity contribution in [1.82, 2.24) is 0 Å². The smallest absolute Gasteiger partial charge is 0.338 e. The first-order valence-corrected chi connectivity index (χ1v) is 9.44. The van der Waals surface area contributed by atoms with Gasteiger partial charge in [0.1, 0.15) is 0 Å². The zero-order valence-corrected chi connectivity index (χ0v) is 17.4. The van der Waals surface area contributed by atoms with Crippen molar-refractivity contribution in [3.05, 3.63) is 63.1 Å². The van der Waals surface area contributed by atoms with Crippen LogP contribution >= 0.6 is 23.2 Å². The molecule has 2 aromatic carbocycles. The third kappa shape index (κ3) is 4.04. The van der Waals surface area contributed by atoms with E-state index >= 15 is 0 Å². The number of nitrogens with zero attached hydrogens (tertiary/aromatic N) is 1. The van der Waals surface area contributed by atoms with Gasteiger partial charge in [-0.05, 0) is 36.4 Å². The topological polar surface area (TPSA) is 80.8 Å². The Hall–Kier alpha value is -2.70. The number of hydrogen-bond acceptors (Lipinski definition) is 5. The Morgan fingerprint density at radius 1 is 0.931 bits per heavy atom. The Kier molecular flexibility index (Phi) is 5.52. The predicted octanol–water partition coefficient (Wildman–Crippen LogP) is 4.57. The first-order chi connectivity index (χ1) is 13.5.